The second-order valence-electron chi connectivity index (χ2n) is 9.00. The SMILES string of the molecule is CCCCCCCCCCOCCOCCOCCOCCOCCOCCOCCOCCOCC(=O)OC. The molecule has 0 fully saturated rings. The van der Waals surface area contributed by atoms with E-state index in [-0.39, 0.29) is 6.61 Å². The third-order valence-electron chi connectivity index (χ3n) is 5.57. The van der Waals surface area contributed by atoms with Gasteiger partial charge in [-0.3, -0.25) is 0 Å². The van der Waals surface area contributed by atoms with Gasteiger partial charge >= 0.3 is 5.97 Å². The van der Waals surface area contributed by atoms with Crippen LogP contribution >= 0.6 is 0 Å². The van der Waals surface area contributed by atoms with E-state index >= 15 is 0 Å². The third kappa shape index (κ3) is 35.1. The molecule has 40 heavy (non-hydrogen) atoms. The maximum absolute atomic E-state index is 10.8. The van der Waals surface area contributed by atoms with Crippen LogP contribution in [0.3, 0.4) is 0 Å². The number of hydrogen-bond acceptors (Lipinski definition) is 11. The normalized spacial score (nSPS) is 11.3. The first-order chi connectivity index (χ1) is 19.8. The van der Waals surface area contributed by atoms with Crippen molar-refractivity contribution in [3.63, 3.8) is 0 Å². The van der Waals surface area contributed by atoms with Crippen molar-refractivity contribution in [2.75, 3.05) is 126 Å². The lowest BCUT2D eigenvalue weighted by atomic mass is 10.1. The van der Waals surface area contributed by atoms with Crippen molar-refractivity contribution in [1.82, 2.24) is 0 Å². The summed E-state index contributed by atoms with van der Waals surface area (Å²) in [6.45, 7) is 11.2. The Kier molecular flexibility index (Phi) is 35.3. The van der Waals surface area contributed by atoms with E-state index in [4.69, 9.17) is 42.6 Å². The highest BCUT2D eigenvalue weighted by atomic mass is 16.6. The Morgan fingerprint density at radius 3 is 0.975 bits per heavy atom. The van der Waals surface area contributed by atoms with Gasteiger partial charge < -0.3 is 47.4 Å². The van der Waals surface area contributed by atoms with E-state index in [1.165, 1.54) is 52.1 Å². The quantitative estimate of drug-likeness (QED) is 0.0810. The zero-order chi connectivity index (χ0) is 29.0. The monoisotopic (exact) mass is 582 g/mol. The standard InChI is InChI=1S/C29H58O11/c1-3-4-5-6-7-8-9-10-11-32-12-13-33-14-15-34-16-17-35-18-19-36-20-21-37-22-23-38-24-25-39-26-27-40-28-29(30)31-2/h3-28H2,1-2H3. The summed E-state index contributed by atoms with van der Waals surface area (Å²) in [6, 6.07) is 0. The molecule has 0 radical (unpaired) electrons. The molecular formula is C29H58O11. The summed E-state index contributed by atoms with van der Waals surface area (Å²) in [5, 5.41) is 0. The highest BCUT2D eigenvalue weighted by Gasteiger charge is 1.99. The number of esters is 1. The molecule has 240 valence electrons. The highest BCUT2D eigenvalue weighted by Crippen LogP contribution is 2.08. The predicted octanol–water partition coefficient (Wildman–Crippen LogP) is 3.45. The molecule has 0 aromatic carbocycles. The van der Waals surface area contributed by atoms with Crippen LogP contribution in [0.25, 0.3) is 0 Å². The van der Waals surface area contributed by atoms with Crippen LogP contribution in [0.15, 0.2) is 0 Å². The van der Waals surface area contributed by atoms with Gasteiger partial charge in [-0.15, -0.1) is 0 Å². The Balaban J connectivity index is 3.04. The number of rotatable bonds is 35. The molecule has 0 rings (SSSR count). The van der Waals surface area contributed by atoms with Gasteiger partial charge in [0.25, 0.3) is 0 Å². The molecule has 0 aliphatic rings. The fourth-order valence-corrected chi connectivity index (χ4v) is 3.31. The minimum atomic E-state index is -0.402. The van der Waals surface area contributed by atoms with Gasteiger partial charge in [0.05, 0.1) is 113 Å². The van der Waals surface area contributed by atoms with Crippen molar-refractivity contribution in [3.05, 3.63) is 0 Å². The zero-order valence-corrected chi connectivity index (χ0v) is 25.4. The minimum Gasteiger partial charge on any atom is -0.467 e. The van der Waals surface area contributed by atoms with Gasteiger partial charge in [-0.2, -0.15) is 0 Å². The fraction of sp³-hybridized carbons (Fsp3) is 0.966. The molecule has 0 atom stereocenters. The number of carbonyl (C=O) groups excluding carboxylic acids is 1. The summed E-state index contributed by atoms with van der Waals surface area (Å²) in [5.41, 5.74) is 0. The lowest BCUT2D eigenvalue weighted by molar-refractivity contribution is -0.146. The highest BCUT2D eigenvalue weighted by molar-refractivity contribution is 5.70. The van der Waals surface area contributed by atoms with Gasteiger partial charge in [0.2, 0.25) is 0 Å². The smallest absolute Gasteiger partial charge is 0.331 e. The van der Waals surface area contributed by atoms with Crippen molar-refractivity contribution >= 4 is 5.97 Å². The summed E-state index contributed by atoms with van der Waals surface area (Å²) in [7, 11) is 1.32. The molecule has 0 aromatic heterocycles. The zero-order valence-electron chi connectivity index (χ0n) is 25.4. The van der Waals surface area contributed by atoms with E-state index in [1.807, 2.05) is 0 Å². The van der Waals surface area contributed by atoms with E-state index in [0.29, 0.717) is 106 Å². The molecule has 0 aliphatic carbocycles. The molecular weight excluding hydrogens is 524 g/mol. The molecule has 0 N–H and O–H groups in total. The van der Waals surface area contributed by atoms with E-state index in [1.54, 1.807) is 0 Å². The van der Waals surface area contributed by atoms with Crippen LogP contribution in [-0.2, 0) is 52.2 Å². The van der Waals surface area contributed by atoms with E-state index < -0.39 is 5.97 Å². The van der Waals surface area contributed by atoms with Gasteiger partial charge in [0.15, 0.2) is 0 Å². The lowest BCUT2D eigenvalue weighted by Crippen LogP contribution is -2.16. The second kappa shape index (κ2) is 36.1. The van der Waals surface area contributed by atoms with Crippen molar-refractivity contribution in [3.8, 4) is 0 Å². The Hall–Kier alpha value is -0.890. The molecule has 0 aromatic rings. The number of methoxy groups -OCH3 is 1. The summed E-state index contributed by atoms with van der Waals surface area (Å²) >= 11 is 0. The molecule has 0 heterocycles. The Bertz CT molecular complexity index is 483. The summed E-state index contributed by atoms with van der Waals surface area (Å²) in [4.78, 5) is 10.8. The van der Waals surface area contributed by atoms with Crippen LogP contribution in [0, 0.1) is 0 Å². The molecule has 0 saturated carbocycles. The number of ether oxygens (including phenoxy) is 10. The topological polar surface area (TPSA) is 109 Å². The van der Waals surface area contributed by atoms with Gasteiger partial charge in [-0.1, -0.05) is 51.9 Å². The molecule has 11 heteroatoms. The molecule has 11 nitrogen and oxygen atoms in total. The number of carbonyl (C=O) groups is 1. The first-order valence-corrected chi connectivity index (χ1v) is 15.1. The average Bonchev–Trinajstić information content (AvgIpc) is 2.97. The van der Waals surface area contributed by atoms with Crippen LogP contribution in [0.1, 0.15) is 58.3 Å². The molecule has 0 aliphatic heterocycles. The van der Waals surface area contributed by atoms with Gasteiger partial charge in [-0.05, 0) is 6.42 Å². The number of hydrogen-bond donors (Lipinski definition) is 0. The van der Waals surface area contributed by atoms with E-state index in [9.17, 15) is 4.79 Å². The van der Waals surface area contributed by atoms with E-state index in [0.717, 1.165) is 13.0 Å². The third-order valence-corrected chi connectivity index (χ3v) is 5.57. The van der Waals surface area contributed by atoms with Crippen molar-refractivity contribution in [2.24, 2.45) is 0 Å². The maximum atomic E-state index is 10.8. The van der Waals surface area contributed by atoms with Gasteiger partial charge in [-0.25, -0.2) is 4.79 Å². The van der Waals surface area contributed by atoms with E-state index in [2.05, 4.69) is 11.7 Å². The molecule has 0 unspecified atom stereocenters. The molecule has 0 bridgehead atoms. The summed E-state index contributed by atoms with van der Waals surface area (Å²) in [6.07, 6.45) is 10.5. The van der Waals surface area contributed by atoms with Crippen LogP contribution in [-0.4, -0.2) is 132 Å². The van der Waals surface area contributed by atoms with Crippen molar-refractivity contribution < 1.29 is 52.2 Å². The first kappa shape index (κ1) is 39.1. The van der Waals surface area contributed by atoms with Crippen LogP contribution < -0.4 is 0 Å². The van der Waals surface area contributed by atoms with Crippen LogP contribution in [0.5, 0.6) is 0 Å². The van der Waals surface area contributed by atoms with Gasteiger partial charge in [0.1, 0.15) is 6.61 Å². The Morgan fingerprint density at radius 2 is 0.650 bits per heavy atom. The molecule has 0 spiro atoms. The summed E-state index contributed by atoms with van der Waals surface area (Å²) < 4.78 is 53.2. The fourth-order valence-electron chi connectivity index (χ4n) is 3.31. The lowest BCUT2D eigenvalue weighted by Gasteiger charge is -2.09. The predicted molar refractivity (Wildman–Crippen MR) is 152 cm³/mol. The van der Waals surface area contributed by atoms with Gasteiger partial charge in [0, 0.05) is 6.61 Å². The minimum absolute atomic E-state index is 0.0633. The Labute approximate surface area is 242 Å². The van der Waals surface area contributed by atoms with Crippen LogP contribution in [0.2, 0.25) is 0 Å². The molecule has 0 saturated heterocycles. The summed E-state index contributed by atoms with van der Waals surface area (Å²) in [5.74, 6) is -0.402. The molecule has 0 amide bonds. The Morgan fingerprint density at radius 1 is 0.375 bits per heavy atom. The largest absolute Gasteiger partial charge is 0.467 e. The average molecular weight is 583 g/mol. The number of unbranched alkanes of at least 4 members (excludes halogenated alkanes) is 7. The van der Waals surface area contributed by atoms with Crippen molar-refractivity contribution in [1.29, 1.82) is 0 Å². The second-order valence-corrected chi connectivity index (χ2v) is 9.00. The first-order valence-electron chi connectivity index (χ1n) is 15.1. The van der Waals surface area contributed by atoms with Crippen molar-refractivity contribution in [2.45, 2.75) is 58.3 Å². The van der Waals surface area contributed by atoms with Crippen LogP contribution in [0.4, 0.5) is 0 Å². The maximum Gasteiger partial charge on any atom is 0.331 e.